The quantitative estimate of drug-likeness (QED) is 0.874. The number of hydrogen-bond acceptors (Lipinski definition) is 2. The molecule has 0 aliphatic heterocycles. The van der Waals surface area contributed by atoms with Crippen molar-refractivity contribution < 1.29 is 0 Å². The number of benzene rings is 1. The van der Waals surface area contributed by atoms with Crippen LogP contribution in [0.4, 0.5) is 0 Å². The average Bonchev–Trinajstić information content (AvgIpc) is 2.78. The van der Waals surface area contributed by atoms with E-state index in [1.54, 1.807) is 0 Å². The molecule has 0 spiro atoms. The van der Waals surface area contributed by atoms with Crippen molar-refractivity contribution in [3.05, 3.63) is 50.7 Å². The van der Waals surface area contributed by atoms with Gasteiger partial charge in [-0.1, -0.05) is 23.7 Å². The molecule has 1 N–H and O–H groups in total. The van der Waals surface area contributed by atoms with Gasteiger partial charge in [-0.05, 0) is 60.9 Å². The summed E-state index contributed by atoms with van der Waals surface area (Å²) < 4.78 is 3.04. The van der Waals surface area contributed by atoms with E-state index in [0.29, 0.717) is 6.04 Å². The van der Waals surface area contributed by atoms with E-state index < -0.39 is 0 Å². The van der Waals surface area contributed by atoms with Gasteiger partial charge >= 0.3 is 0 Å². The zero-order valence-corrected chi connectivity index (χ0v) is 14.5. The first-order valence-electron chi connectivity index (χ1n) is 6.62. The highest BCUT2D eigenvalue weighted by Crippen LogP contribution is 2.33. The summed E-state index contributed by atoms with van der Waals surface area (Å²) >= 11 is 9.87. The molecule has 5 heteroatoms. The Bertz CT molecular complexity index is 607. The fraction of sp³-hybridized carbons (Fsp3) is 0.400. The molecule has 0 aliphatic carbocycles. The second-order valence-electron chi connectivity index (χ2n) is 5.09. The second kappa shape index (κ2) is 6.29. The van der Waals surface area contributed by atoms with Gasteiger partial charge in [0.1, 0.15) is 0 Å². The maximum atomic E-state index is 6.26. The Morgan fingerprint density at radius 2 is 2.05 bits per heavy atom. The van der Waals surface area contributed by atoms with Crippen molar-refractivity contribution in [1.82, 2.24) is 15.1 Å². The Morgan fingerprint density at radius 1 is 1.35 bits per heavy atom. The van der Waals surface area contributed by atoms with E-state index in [2.05, 4.69) is 46.3 Å². The predicted molar refractivity (Wildman–Crippen MR) is 87.4 cm³/mol. The zero-order chi connectivity index (χ0) is 14.9. The number of hydrogen-bond donors (Lipinski definition) is 1. The Balaban J connectivity index is 2.58. The number of nitrogens with one attached hydrogen (secondary N) is 1. The highest BCUT2D eigenvalue weighted by atomic mass is 79.9. The number of nitrogens with zero attached hydrogens (tertiary/aromatic N) is 2. The van der Waals surface area contributed by atoms with Gasteiger partial charge in [0, 0.05) is 11.1 Å². The Kier molecular flexibility index (Phi) is 4.89. The van der Waals surface area contributed by atoms with Crippen molar-refractivity contribution in [2.75, 3.05) is 7.05 Å². The largest absolute Gasteiger partial charge is 0.308 e. The molecule has 0 aliphatic rings. The van der Waals surface area contributed by atoms with E-state index in [1.165, 1.54) is 5.56 Å². The van der Waals surface area contributed by atoms with Gasteiger partial charge in [-0.25, -0.2) is 0 Å². The zero-order valence-electron chi connectivity index (χ0n) is 12.1. The lowest BCUT2D eigenvalue weighted by molar-refractivity contribution is 0.482. The predicted octanol–water partition coefficient (Wildman–Crippen LogP) is 4.50. The molecule has 0 saturated heterocycles. The molecule has 0 bridgehead atoms. The molecule has 0 amide bonds. The summed E-state index contributed by atoms with van der Waals surface area (Å²) in [7, 11) is 1.95. The van der Waals surface area contributed by atoms with Crippen molar-refractivity contribution in [1.29, 1.82) is 0 Å². The minimum atomic E-state index is 0.0491. The van der Waals surface area contributed by atoms with Gasteiger partial charge in [0.05, 0.1) is 22.4 Å². The lowest BCUT2D eigenvalue weighted by Gasteiger charge is -2.23. The maximum Gasteiger partial charge on any atom is 0.0760 e. The van der Waals surface area contributed by atoms with E-state index in [0.717, 1.165) is 20.8 Å². The van der Waals surface area contributed by atoms with Crippen molar-refractivity contribution >= 4 is 27.5 Å². The lowest BCUT2D eigenvalue weighted by Crippen LogP contribution is -2.23. The summed E-state index contributed by atoms with van der Waals surface area (Å²) in [5, 5.41) is 8.62. The first-order chi connectivity index (χ1) is 9.47. The van der Waals surface area contributed by atoms with Crippen molar-refractivity contribution in [3.63, 3.8) is 0 Å². The van der Waals surface area contributed by atoms with E-state index in [1.807, 2.05) is 37.0 Å². The molecule has 0 saturated carbocycles. The van der Waals surface area contributed by atoms with Crippen molar-refractivity contribution in [2.24, 2.45) is 0 Å². The first kappa shape index (κ1) is 15.5. The molecule has 0 fully saturated rings. The summed E-state index contributed by atoms with van der Waals surface area (Å²) in [4.78, 5) is 0. The minimum Gasteiger partial charge on any atom is -0.308 e. The summed E-state index contributed by atoms with van der Waals surface area (Å²) in [5.74, 6) is 0. The van der Waals surface area contributed by atoms with Gasteiger partial charge in [-0.3, -0.25) is 4.68 Å². The van der Waals surface area contributed by atoms with E-state index >= 15 is 0 Å². The van der Waals surface area contributed by atoms with Crippen molar-refractivity contribution in [3.8, 4) is 0 Å². The molecule has 0 radical (unpaired) electrons. The molecule has 1 atom stereocenters. The molecule has 1 heterocycles. The summed E-state index contributed by atoms with van der Waals surface area (Å²) in [6, 6.07) is 6.35. The molecule has 2 rings (SSSR count). The van der Waals surface area contributed by atoms with Crippen LogP contribution in [0.25, 0.3) is 0 Å². The normalized spacial score (nSPS) is 12.9. The fourth-order valence-electron chi connectivity index (χ4n) is 2.41. The number of halogens is 2. The molecule has 1 aromatic heterocycles. The molecule has 3 nitrogen and oxygen atoms in total. The van der Waals surface area contributed by atoms with Crippen LogP contribution in [0.2, 0.25) is 5.02 Å². The molecule has 1 aromatic carbocycles. The first-order valence-corrected chi connectivity index (χ1v) is 7.79. The third-order valence-corrected chi connectivity index (χ3v) is 4.48. The van der Waals surface area contributed by atoms with Gasteiger partial charge in [-0.2, -0.15) is 5.10 Å². The van der Waals surface area contributed by atoms with Gasteiger partial charge in [0.15, 0.2) is 0 Å². The van der Waals surface area contributed by atoms with Crippen LogP contribution in [-0.2, 0) is 0 Å². The van der Waals surface area contributed by atoms with Gasteiger partial charge in [-0.15, -0.1) is 0 Å². The van der Waals surface area contributed by atoms with Crippen LogP contribution >= 0.6 is 27.5 Å². The van der Waals surface area contributed by atoms with E-state index in [9.17, 15) is 0 Å². The smallest absolute Gasteiger partial charge is 0.0760 e. The van der Waals surface area contributed by atoms with Crippen LogP contribution in [0, 0.1) is 6.92 Å². The van der Waals surface area contributed by atoms with Crippen LogP contribution in [0.15, 0.2) is 28.9 Å². The highest BCUT2D eigenvalue weighted by molar-refractivity contribution is 9.10. The molecule has 108 valence electrons. The minimum absolute atomic E-state index is 0.0491. The van der Waals surface area contributed by atoms with Crippen LogP contribution in [0.3, 0.4) is 0 Å². The Hall–Kier alpha value is -0.840. The van der Waals surface area contributed by atoms with Crippen LogP contribution in [0.1, 0.15) is 42.8 Å². The third-order valence-electron chi connectivity index (χ3n) is 3.46. The standard InChI is InChI=1S/C15H19BrClN3/c1-9(2)20-15(12(16)8-19-20)14(18-4)11-6-5-7-13(17)10(11)3/h5-9,14,18H,1-4H3. The SMILES string of the molecule is CNC(c1cccc(Cl)c1C)c1c(Br)cnn1C(C)C. The van der Waals surface area contributed by atoms with Gasteiger partial charge in [0.25, 0.3) is 0 Å². The van der Waals surface area contributed by atoms with Gasteiger partial charge in [0.2, 0.25) is 0 Å². The van der Waals surface area contributed by atoms with Gasteiger partial charge < -0.3 is 5.32 Å². The lowest BCUT2D eigenvalue weighted by atomic mass is 9.98. The van der Waals surface area contributed by atoms with Crippen LogP contribution in [0.5, 0.6) is 0 Å². The summed E-state index contributed by atoms with van der Waals surface area (Å²) in [5.41, 5.74) is 3.38. The van der Waals surface area contributed by atoms with E-state index in [4.69, 9.17) is 11.6 Å². The van der Waals surface area contributed by atoms with Crippen LogP contribution < -0.4 is 5.32 Å². The number of aromatic nitrogens is 2. The molecule has 1 unspecified atom stereocenters. The Labute approximate surface area is 133 Å². The summed E-state index contributed by atoms with van der Waals surface area (Å²) in [6.45, 7) is 6.30. The van der Waals surface area contributed by atoms with Crippen LogP contribution in [-0.4, -0.2) is 16.8 Å². The number of rotatable bonds is 4. The maximum absolute atomic E-state index is 6.26. The van der Waals surface area contributed by atoms with Crippen molar-refractivity contribution in [2.45, 2.75) is 32.9 Å². The summed E-state index contributed by atoms with van der Waals surface area (Å²) in [6.07, 6.45) is 1.85. The fourth-order valence-corrected chi connectivity index (χ4v) is 3.09. The average molecular weight is 357 g/mol. The monoisotopic (exact) mass is 355 g/mol. The highest BCUT2D eigenvalue weighted by Gasteiger charge is 2.23. The molecular weight excluding hydrogens is 338 g/mol. The Morgan fingerprint density at radius 3 is 2.65 bits per heavy atom. The third kappa shape index (κ3) is 2.78. The molecular formula is C15H19BrClN3. The second-order valence-corrected chi connectivity index (χ2v) is 6.35. The van der Waals surface area contributed by atoms with E-state index in [-0.39, 0.29) is 6.04 Å². The molecule has 20 heavy (non-hydrogen) atoms. The topological polar surface area (TPSA) is 29.9 Å². The molecule has 2 aromatic rings.